The van der Waals surface area contributed by atoms with Crippen LogP contribution in [-0.4, -0.2) is 10.2 Å². The van der Waals surface area contributed by atoms with Gasteiger partial charge in [-0.2, -0.15) is 0 Å². The first-order chi connectivity index (χ1) is 5.29. The Hall–Kier alpha value is -0.500. The summed E-state index contributed by atoms with van der Waals surface area (Å²) in [6, 6.07) is 4.17. The molecule has 0 aromatic carbocycles. The third-order valence-electron chi connectivity index (χ3n) is 2.25. The molecule has 1 aliphatic rings. The number of hydrogen-bond donors (Lipinski definition) is 0. The zero-order valence-electron chi connectivity index (χ0n) is 6.74. The van der Waals surface area contributed by atoms with E-state index in [9.17, 15) is 0 Å². The molecule has 0 N–H and O–H groups in total. The fraction of sp³-hybridized carbons (Fsp3) is 0.444. The molecule has 0 saturated heterocycles. The molecule has 2 heterocycles. The summed E-state index contributed by atoms with van der Waals surface area (Å²) < 4.78 is 0. The normalized spacial score (nSPS) is 28.5. The molecule has 2 atom stereocenters. The third-order valence-corrected chi connectivity index (χ3v) is 3.63. The number of aromatic nitrogens is 1. The number of nitrogens with zero attached hydrogens (tertiary/aromatic N) is 1. The van der Waals surface area contributed by atoms with Crippen LogP contribution in [0.5, 0.6) is 0 Å². The lowest BCUT2D eigenvalue weighted by Crippen LogP contribution is -2.01. The maximum Gasteiger partial charge on any atom is 0.0578 e. The largest absolute Gasteiger partial charge is 0.260 e. The highest BCUT2D eigenvalue weighted by Gasteiger charge is 2.26. The van der Waals surface area contributed by atoms with Gasteiger partial charge in [0.1, 0.15) is 0 Å². The SMILES string of the molecule is CC1Sc2cccnc2C1C. The molecular formula is C9H11NS. The minimum Gasteiger partial charge on any atom is -0.260 e. The lowest BCUT2D eigenvalue weighted by molar-refractivity contribution is 0.732. The van der Waals surface area contributed by atoms with Gasteiger partial charge in [0.2, 0.25) is 0 Å². The van der Waals surface area contributed by atoms with Crippen LogP contribution >= 0.6 is 11.8 Å². The second kappa shape index (κ2) is 2.52. The van der Waals surface area contributed by atoms with E-state index in [0.29, 0.717) is 11.2 Å². The molecule has 58 valence electrons. The second-order valence-corrected chi connectivity index (χ2v) is 4.42. The van der Waals surface area contributed by atoms with Crippen LogP contribution in [0.2, 0.25) is 0 Å². The third kappa shape index (κ3) is 1.06. The summed E-state index contributed by atoms with van der Waals surface area (Å²) in [5.74, 6) is 0.621. The van der Waals surface area contributed by atoms with E-state index in [4.69, 9.17) is 0 Å². The summed E-state index contributed by atoms with van der Waals surface area (Å²) in [6.07, 6.45) is 1.88. The van der Waals surface area contributed by atoms with E-state index in [0.717, 1.165) is 0 Å². The van der Waals surface area contributed by atoms with Crippen molar-refractivity contribution in [3.05, 3.63) is 24.0 Å². The summed E-state index contributed by atoms with van der Waals surface area (Å²) >= 11 is 1.94. The molecule has 0 aliphatic carbocycles. The molecule has 0 saturated carbocycles. The van der Waals surface area contributed by atoms with Crippen molar-refractivity contribution in [2.24, 2.45) is 0 Å². The summed E-state index contributed by atoms with van der Waals surface area (Å²) in [6.45, 7) is 4.51. The van der Waals surface area contributed by atoms with Crippen LogP contribution in [0.25, 0.3) is 0 Å². The van der Waals surface area contributed by atoms with Crippen LogP contribution in [0.15, 0.2) is 23.2 Å². The van der Waals surface area contributed by atoms with Gasteiger partial charge >= 0.3 is 0 Å². The summed E-state index contributed by atoms with van der Waals surface area (Å²) in [7, 11) is 0. The van der Waals surface area contributed by atoms with Crippen LogP contribution in [-0.2, 0) is 0 Å². The number of fused-ring (bicyclic) bond motifs is 1. The zero-order chi connectivity index (χ0) is 7.84. The van der Waals surface area contributed by atoms with Crippen molar-refractivity contribution in [3.63, 3.8) is 0 Å². The van der Waals surface area contributed by atoms with E-state index in [1.54, 1.807) is 0 Å². The standard InChI is InChI=1S/C9H11NS/c1-6-7(2)11-8-4-3-5-10-9(6)8/h3-7H,1-2H3. The highest BCUT2D eigenvalue weighted by atomic mass is 32.2. The Morgan fingerprint density at radius 3 is 3.00 bits per heavy atom. The molecule has 1 nitrogen and oxygen atoms in total. The Morgan fingerprint density at radius 2 is 2.27 bits per heavy atom. The van der Waals surface area contributed by atoms with Gasteiger partial charge in [0.05, 0.1) is 5.69 Å². The number of pyridine rings is 1. The molecule has 0 amide bonds. The van der Waals surface area contributed by atoms with Crippen molar-refractivity contribution in [1.82, 2.24) is 4.98 Å². The lowest BCUT2D eigenvalue weighted by Gasteiger charge is -2.05. The molecule has 2 heteroatoms. The Labute approximate surface area is 71.2 Å². The van der Waals surface area contributed by atoms with E-state index in [1.165, 1.54) is 10.6 Å². The van der Waals surface area contributed by atoms with Gasteiger partial charge in [-0.25, -0.2) is 0 Å². The number of rotatable bonds is 0. The van der Waals surface area contributed by atoms with Crippen LogP contribution in [0.1, 0.15) is 25.5 Å². The highest BCUT2D eigenvalue weighted by Crippen LogP contribution is 2.43. The van der Waals surface area contributed by atoms with Gasteiger partial charge in [-0.05, 0) is 12.1 Å². The van der Waals surface area contributed by atoms with Gasteiger partial charge in [0.15, 0.2) is 0 Å². The molecule has 0 fully saturated rings. The van der Waals surface area contributed by atoms with Crippen molar-refractivity contribution in [1.29, 1.82) is 0 Å². The van der Waals surface area contributed by atoms with Crippen molar-refractivity contribution in [3.8, 4) is 0 Å². The minimum atomic E-state index is 0.621. The Morgan fingerprint density at radius 1 is 1.45 bits per heavy atom. The maximum absolute atomic E-state index is 4.37. The van der Waals surface area contributed by atoms with E-state index in [2.05, 4.69) is 24.9 Å². The summed E-state index contributed by atoms with van der Waals surface area (Å²) in [5, 5.41) is 0.694. The second-order valence-electron chi connectivity index (χ2n) is 3.00. The van der Waals surface area contributed by atoms with Gasteiger partial charge in [-0.15, -0.1) is 11.8 Å². The molecule has 0 bridgehead atoms. The fourth-order valence-corrected chi connectivity index (χ4v) is 2.62. The molecule has 2 rings (SSSR count). The van der Waals surface area contributed by atoms with Crippen molar-refractivity contribution >= 4 is 11.8 Å². The first kappa shape index (κ1) is 7.17. The molecule has 1 aromatic rings. The van der Waals surface area contributed by atoms with Crippen LogP contribution in [0, 0.1) is 0 Å². The molecule has 0 radical (unpaired) electrons. The van der Waals surface area contributed by atoms with Gasteiger partial charge in [0.25, 0.3) is 0 Å². The Bertz CT molecular complexity index is 272. The highest BCUT2D eigenvalue weighted by molar-refractivity contribution is 8.00. The van der Waals surface area contributed by atoms with E-state index in [-0.39, 0.29) is 0 Å². The van der Waals surface area contributed by atoms with E-state index >= 15 is 0 Å². The average Bonchev–Trinajstić information content (AvgIpc) is 2.30. The quantitative estimate of drug-likeness (QED) is 0.586. The smallest absolute Gasteiger partial charge is 0.0578 e. The predicted octanol–water partition coefficient (Wildman–Crippen LogP) is 2.68. The van der Waals surface area contributed by atoms with E-state index in [1.807, 2.05) is 24.0 Å². The summed E-state index contributed by atoms with van der Waals surface area (Å²) in [5.41, 5.74) is 1.28. The van der Waals surface area contributed by atoms with Crippen LogP contribution in [0.3, 0.4) is 0 Å². The Kier molecular flexibility index (Phi) is 1.64. The van der Waals surface area contributed by atoms with Gasteiger partial charge in [-0.1, -0.05) is 13.8 Å². The molecule has 2 unspecified atom stereocenters. The van der Waals surface area contributed by atoms with Crippen molar-refractivity contribution < 1.29 is 0 Å². The van der Waals surface area contributed by atoms with Crippen molar-refractivity contribution in [2.45, 2.75) is 29.9 Å². The molecular weight excluding hydrogens is 154 g/mol. The lowest BCUT2D eigenvalue weighted by atomic mass is 10.0. The number of hydrogen-bond acceptors (Lipinski definition) is 2. The molecule has 0 spiro atoms. The van der Waals surface area contributed by atoms with Gasteiger partial charge < -0.3 is 0 Å². The fourth-order valence-electron chi connectivity index (χ4n) is 1.37. The molecule has 11 heavy (non-hydrogen) atoms. The van der Waals surface area contributed by atoms with Gasteiger partial charge in [0, 0.05) is 22.3 Å². The number of thioether (sulfide) groups is 1. The monoisotopic (exact) mass is 165 g/mol. The van der Waals surface area contributed by atoms with Crippen LogP contribution in [0.4, 0.5) is 0 Å². The zero-order valence-corrected chi connectivity index (χ0v) is 7.56. The minimum absolute atomic E-state index is 0.621. The topological polar surface area (TPSA) is 12.9 Å². The Balaban J connectivity index is 2.47. The average molecular weight is 165 g/mol. The van der Waals surface area contributed by atoms with E-state index < -0.39 is 0 Å². The first-order valence-electron chi connectivity index (χ1n) is 3.90. The van der Waals surface area contributed by atoms with Crippen molar-refractivity contribution in [2.75, 3.05) is 0 Å². The predicted molar refractivity (Wildman–Crippen MR) is 48.0 cm³/mol. The molecule has 1 aromatic heterocycles. The molecule has 1 aliphatic heterocycles. The van der Waals surface area contributed by atoms with Crippen LogP contribution < -0.4 is 0 Å². The van der Waals surface area contributed by atoms with Gasteiger partial charge in [-0.3, -0.25) is 4.98 Å². The first-order valence-corrected chi connectivity index (χ1v) is 4.78. The maximum atomic E-state index is 4.37. The summed E-state index contributed by atoms with van der Waals surface area (Å²) in [4.78, 5) is 5.74.